The number of rotatable bonds is 6. The number of ether oxygens (including phenoxy) is 3. The Morgan fingerprint density at radius 1 is 1.00 bits per heavy atom. The summed E-state index contributed by atoms with van der Waals surface area (Å²) in [5, 5.41) is 0.670. The van der Waals surface area contributed by atoms with Crippen molar-refractivity contribution in [2.45, 2.75) is 6.42 Å². The highest BCUT2D eigenvalue weighted by Crippen LogP contribution is 2.29. The van der Waals surface area contributed by atoms with Gasteiger partial charge in [0.15, 0.2) is 0 Å². The third-order valence-corrected chi connectivity index (χ3v) is 3.66. The summed E-state index contributed by atoms with van der Waals surface area (Å²) in [6.45, 7) is 0. The maximum absolute atomic E-state index is 6.40. The van der Waals surface area contributed by atoms with Crippen LogP contribution in [-0.4, -0.2) is 21.3 Å². The predicted octanol–water partition coefficient (Wildman–Crippen LogP) is 4.12. The fourth-order valence-electron chi connectivity index (χ4n) is 2.23. The second kappa shape index (κ2) is 7.79. The van der Waals surface area contributed by atoms with Gasteiger partial charge >= 0.3 is 0 Å². The van der Waals surface area contributed by atoms with Gasteiger partial charge < -0.3 is 19.9 Å². The second-order valence-electron chi connectivity index (χ2n) is 4.95. The molecule has 2 rings (SSSR count). The minimum absolute atomic E-state index is 0.568. The number of benzene rings is 2. The zero-order valence-electron chi connectivity index (χ0n) is 13.4. The van der Waals surface area contributed by atoms with Gasteiger partial charge in [-0.3, -0.25) is 0 Å². The molecule has 0 fully saturated rings. The zero-order chi connectivity index (χ0) is 16.8. The van der Waals surface area contributed by atoms with Crippen molar-refractivity contribution in [3.8, 4) is 17.2 Å². The van der Waals surface area contributed by atoms with E-state index >= 15 is 0 Å². The summed E-state index contributed by atoms with van der Waals surface area (Å²) in [6, 6.07) is 11.2. The van der Waals surface area contributed by atoms with Crippen LogP contribution in [0.15, 0.2) is 41.4 Å². The number of hydrogen-bond acceptors (Lipinski definition) is 4. The van der Waals surface area contributed by atoms with Crippen molar-refractivity contribution in [3.63, 3.8) is 0 Å². The lowest BCUT2D eigenvalue weighted by Crippen LogP contribution is -1.95. The SMILES string of the molecule is COc1ccc(OC)c(/C=C(/Cl)Cc2ccc(N)c(OC)c2)c1. The summed E-state index contributed by atoms with van der Waals surface area (Å²) in [7, 11) is 4.84. The lowest BCUT2D eigenvalue weighted by Gasteiger charge is -2.09. The van der Waals surface area contributed by atoms with Gasteiger partial charge in [0.1, 0.15) is 17.2 Å². The van der Waals surface area contributed by atoms with Crippen molar-refractivity contribution in [1.29, 1.82) is 0 Å². The summed E-state index contributed by atoms with van der Waals surface area (Å²) in [4.78, 5) is 0. The average molecular weight is 334 g/mol. The molecule has 0 unspecified atom stereocenters. The van der Waals surface area contributed by atoms with Crippen LogP contribution in [0.4, 0.5) is 5.69 Å². The first-order valence-electron chi connectivity index (χ1n) is 7.08. The molecule has 2 N–H and O–H groups in total. The molecule has 0 atom stereocenters. The molecule has 0 aromatic heterocycles. The minimum atomic E-state index is 0.568. The Hall–Kier alpha value is -2.33. The molecule has 2 aromatic carbocycles. The Morgan fingerprint density at radius 3 is 2.39 bits per heavy atom. The third-order valence-electron chi connectivity index (χ3n) is 3.42. The van der Waals surface area contributed by atoms with Crippen molar-refractivity contribution < 1.29 is 14.2 Å². The van der Waals surface area contributed by atoms with Gasteiger partial charge in [-0.05, 0) is 42.0 Å². The molecule has 0 saturated carbocycles. The van der Waals surface area contributed by atoms with E-state index in [9.17, 15) is 0 Å². The van der Waals surface area contributed by atoms with E-state index in [1.165, 1.54) is 0 Å². The van der Waals surface area contributed by atoms with Gasteiger partial charge in [-0.15, -0.1) is 0 Å². The molecule has 0 radical (unpaired) electrons. The smallest absolute Gasteiger partial charge is 0.142 e. The number of nitrogen functional groups attached to an aromatic ring is 1. The number of hydrogen-bond donors (Lipinski definition) is 1. The highest BCUT2D eigenvalue weighted by atomic mass is 35.5. The zero-order valence-corrected chi connectivity index (χ0v) is 14.2. The Kier molecular flexibility index (Phi) is 5.77. The van der Waals surface area contributed by atoms with Crippen LogP contribution in [0.3, 0.4) is 0 Å². The van der Waals surface area contributed by atoms with Crippen molar-refractivity contribution in [1.82, 2.24) is 0 Å². The molecule has 0 aliphatic heterocycles. The predicted molar refractivity (Wildman–Crippen MR) is 94.5 cm³/mol. The molecule has 2 aromatic rings. The van der Waals surface area contributed by atoms with Crippen molar-refractivity contribution in [2.24, 2.45) is 0 Å². The van der Waals surface area contributed by atoms with E-state index in [2.05, 4.69) is 0 Å². The highest BCUT2D eigenvalue weighted by Gasteiger charge is 2.06. The molecule has 0 heterocycles. The largest absolute Gasteiger partial charge is 0.497 e. The molecule has 122 valence electrons. The lowest BCUT2D eigenvalue weighted by molar-refractivity contribution is 0.402. The van der Waals surface area contributed by atoms with E-state index in [-0.39, 0.29) is 0 Å². The van der Waals surface area contributed by atoms with Gasteiger partial charge in [0, 0.05) is 17.0 Å². The van der Waals surface area contributed by atoms with Crippen LogP contribution >= 0.6 is 11.6 Å². The van der Waals surface area contributed by atoms with Crippen LogP contribution in [0.5, 0.6) is 17.2 Å². The molecule has 0 spiro atoms. The van der Waals surface area contributed by atoms with Crippen LogP contribution in [0.25, 0.3) is 6.08 Å². The number of methoxy groups -OCH3 is 3. The molecule has 0 saturated heterocycles. The molecular weight excluding hydrogens is 314 g/mol. The van der Waals surface area contributed by atoms with Crippen molar-refractivity contribution in [3.05, 3.63) is 52.6 Å². The normalized spacial score (nSPS) is 11.2. The number of nitrogens with two attached hydrogens (primary N) is 1. The maximum atomic E-state index is 6.40. The van der Waals surface area contributed by atoms with E-state index in [4.69, 9.17) is 31.5 Å². The van der Waals surface area contributed by atoms with E-state index in [0.29, 0.717) is 22.9 Å². The Morgan fingerprint density at radius 2 is 1.74 bits per heavy atom. The van der Waals surface area contributed by atoms with Gasteiger partial charge in [-0.1, -0.05) is 17.7 Å². The van der Waals surface area contributed by atoms with Crippen molar-refractivity contribution in [2.75, 3.05) is 27.1 Å². The molecule has 23 heavy (non-hydrogen) atoms. The van der Waals surface area contributed by atoms with E-state index < -0.39 is 0 Å². The number of halogens is 1. The Labute approximate surface area is 141 Å². The van der Waals surface area contributed by atoms with Gasteiger partial charge in [0.2, 0.25) is 0 Å². The monoisotopic (exact) mass is 333 g/mol. The molecule has 0 amide bonds. The quantitative estimate of drug-likeness (QED) is 0.808. The first-order chi connectivity index (χ1) is 11.1. The number of allylic oxidation sites excluding steroid dienone is 1. The number of anilines is 1. The van der Waals surface area contributed by atoms with Gasteiger partial charge in [-0.2, -0.15) is 0 Å². The summed E-state index contributed by atoms with van der Waals surface area (Å²) in [5.41, 5.74) is 8.30. The minimum Gasteiger partial charge on any atom is -0.497 e. The summed E-state index contributed by atoms with van der Waals surface area (Å²) in [6.07, 6.45) is 2.43. The Bertz CT molecular complexity index is 713. The lowest BCUT2D eigenvalue weighted by atomic mass is 10.1. The van der Waals surface area contributed by atoms with E-state index in [1.807, 2.05) is 42.5 Å². The van der Waals surface area contributed by atoms with Gasteiger partial charge in [0.05, 0.1) is 27.0 Å². The van der Waals surface area contributed by atoms with E-state index in [1.54, 1.807) is 21.3 Å². The molecular formula is C18H20ClNO3. The summed E-state index contributed by atoms with van der Waals surface area (Å²) in [5.74, 6) is 2.13. The maximum Gasteiger partial charge on any atom is 0.142 e. The molecule has 4 nitrogen and oxygen atoms in total. The van der Waals surface area contributed by atoms with Gasteiger partial charge in [0.25, 0.3) is 0 Å². The van der Waals surface area contributed by atoms with Crippen LogP contribution in [0.2, 0.25) is 0 Å². The van der Waals surface area contributed by atoms with E-state index in [0.717, 1.165) is 22.6 Å². The third kappa shape index (κ3) is 4.33. The standard InChI is InChI=1S/C18H20ClNO3/c1-21-15-5-7-17(22-2)13(11-15)10-14(19)8-12-4-6-16(20)18(9-12)23-3/h4-7,9-11H,8,20H2,1-3H3/b14-10+. The fourth-order valence-corrected chi connectivity index (χ4v) is 2.50. The van der Waals surface area contributed by atoms with Crippen molar-refractivity contribution >= 4 is 23.4 Å². The van der Waals surface area contributed by atoms with Crippen LogP contribution in [0, 0.1) is 0 Å². The molecule has 0 aliphatic rings. The summed E-state index contributed by atoms with van der Waals surface area (Å²) < 4.78 is 15.8. The highest BCUT2D eigenvalue weighted by molar-refractivity contribution is 6.31. The molecule has 0 bridgehead atoms. The van der Waals surface area contributed by atoms with Gasteiger partial charge in [-0.25, -0.2) is 0 Å². The topological polar surface area (TPSA) is 53.7 Å². The first-order valence-corrected chi connectivity index (χ1v) is 7.45. The average Bonchev–Trinajstić information content (AvgIpc) is 2.56. The van der Waals surface area contributed by atoms with Crippen LogP contribution < -0.4 is 19.9 Å². The Balaban J connectivity index is 2.26. The molecule has 5 heteroatoms. The van der Waals surface area contributed by atoms with Crippen LogP contribution in [0.1, 0.15) is 11.1 Å². The molecule has 0 aliphatic carbocycles. The first kappa shape index (κ1) is 17.0. The fraction of sp³-hybridized carbons (Fsp3) is 0.222. The summed E-state index contributed by atoms with van der Waals surface area (Å²) >= 11 is 6.40. The second-order valence-corrected chi connectivity index (χ2v) is 5.44. The van der Waals surface area contributed by atoms with Crippen LogP contribution in [-0.2, 0) is 6.42 Å².